The summed E-state index contributed by atoms with van der Waals surface area (Å²) in [6.45, 7) is 0. The molecule has 0 aromatic rings. The van der Waals surface area contributed by atoms with Gasteiger partial charge in [-0.15, -0.1) is 0 Å². The molecule has 40 valence electrons. The van der Waals surface area contributed by atoms with Gasteiger partial charge in [0, 0.05) is 0 Å². The van der Waals surface area contributed by atoms with Gasteiger partial charge in [0.05, 0.1) is 0 Å². The molecule has 0 fully saturated rings. The molecule has 0 aromatic heterocycles. The third-order valence-corrected chi connectivity index (χ3v) is 0. The molecule has 0 unspecified atom stereocenters. The van der Waals surface area contributed by atoms with Gasteiger partial charge in [0.1, 0.15) is 0 Å². The molecule has 0 bridgehead atoms. The van der Waals surface area contributed by atoms with Crippen LogP contribution in [0.2, 0.25) is 0 Å². The van der Waals surface area contributed by atoms with Gasteiger partial charge in [0.25, 0.3) is 0 Å². The van der Waals surface area contributed by atoms with Crippen molar-refractivity contribution in [2.45, 2.75) is 0 Å². The Labute approximate surface area is 53.0 Å². The second kappa shape index (κ2) is 1540. The minimum absolute atomic E-state index is 0. The molecule has 0 aromatic carbocycles. The van der Waals surface area contributed by atoms with Crippen molar-refractivity contribution in [3.8, 4) is 0 Å². The fourth-order valence-corrected chi connectivity index (χ4v) is 0. The van der Waals surface area contributed by atoms with Gasteiger partial charge >= 0.3 is 27.3 Å². The maximum Gasteiger partial charge on any atom is 3.00 e. The minimum atomic E-state index is 0. The van der Waals surface area contributed by atoms with Crippen LogP contribution < -0.4 is 43.8 Å². The maximum atomic E-state index is 0. The summed E-state index contributed by atoms with van der Waals surface area (Å²) in [5.41, 5.74) is 0. The molecule has 0 radical (unpaired) electrons. The molecule has 3 N–H and O–H groups in total. The van der Waals surface area contributed by atoms with Gasteiger partial charge in [-0.1, -0.05) is 0 Å². The number of halogens is 4. The Hall–Kier alpha value is 0.342. The number of rotatable bonds is 0. The van der Waals surface area contributed by atoms with Gasteiger partial charge in [0.15, 0.2) is 0 Å². The fourth-order valence-electron chi connectivity index (χ4n) is 0. The van der Waals surface area contributed by atoms with Crippen LogP contribution in [0.1, 0.15) is 0 Å². The summed E-state index contributed by atoms with van der Waals surface area (Å²) in [5.74, 6) is 0. The van der Waals surface area contributed by atoms with E-state index in [0.717, 1.165) is 0 Å². The van der Waals surface area contributed by atoms with Crippen molar-refractivity contribution < 1.29 is 37.7 Å². The third kappa shape index (κ3) is 1020. The normalized spacial score (nSPS) is 0. The molecule has 0 rings (SSSR count). The van der Waals surface area contributed by atoms with Crippen LogP contribution in [0, 0.1) is 0 Å². The Morgan fingerprint density at radius 1 is 0.571 bits per heavy atom. The summed E-state index contributed by atoms with van der Waals surface area (Å²) in [6, 6.07) is 0. The number of hydrogen-bond donors (Lipinski definition) is 1. The average molecular weight is 111 g/mol. The molecule has 0 aliphatic heterocycles. The number of hydrogen-bond acceptors (Lipinski definition) is 1. The molecule has 7 heavy (non-hydrogen) atoms. The molecule has 0 atom stereocenters. The summed E-state index contributed by atoms with van der Waals surface area (Å²) >= 11 is 0. The fraction of sp³-hybridized carbons (Fsp3) is 0. The maximum absolute atomic E-state index is 0. The van der Waals surface area contributed by atoms with Gasteiger partial charge in [-0.25, -0.2) is 0 Å². The first kappa shape index (κ1) is 2520. The second-order valence-corrected chi connectivity index (χ2v) is 0. The van der Waals surface area contributed by atoms with Crippen molar-refractivity contribution in [3.05, 3.63) is 0 Å². The first-order valence-corrected chi connectivity index (χ1v) is 0. The summed E-state index contributed by atoms with van der Waals surface area (Å²) < 4.78 is 0. The molecule has 0 spiro atoms. The van der Waals surface area contributed by atoms with Crippen molar-refractivity contribution >= 4 is 8.41 Å². The van der Waals surface area contributed by atoms with Crippen LogP contribution >= 0.6 is 0 Å². The van der Waals surface area contributed by atoms with Gasteiger partial charge in [0.2, 0.25) is 0 Å². The van der Waals surface area contributed by atoms with Gasteiger partial charge < -0.3 is 25.0 Å². The molecule has 1 nitrogen and oxygen atoms in total. The molecular weight excluding hydrogens is 108 g/mol. The Bertz CT molecular complexity index is 11.7. The zero-order valence-electron chi connectivity index (χ0n) is 3.80. The van der Waals surface area contributed by atoms with E-state index in [1.54, 1.807) is 0 Å². The average Bonchev–Trinajstić information content (AvgIpc) is 0. The van der Waals surface area contributed by atoms with Crippen molar-refractivity contribution in [1.82, 2.24) is 6.15 Å². The molecule has 0 saturated carbocycles. The van der Waals surface area contributed by atoms with Crippen molar-refractivity contribution in [2.75, 3.05) is 0 Å². The quantitative estimate of drug-likeness (QED) is 0.244. The van der Waals surface area contributed by atoms with Crippen LogP contribution in [0.3, 0.4) is 0 Å². The van der Waals surface area contributed by atoms with Crippen molar-refractivity contribution in [2.24, 2.45) is 0 Å². The van der Waals surface area contributed by atoms with Gasteiger partial charge in [-0.05, 0) is 0 Å². The SMILES string of the molecule is N.[B+3].[F-].[F-].[F-].[F-].[Li+]. The Kier molecular flexibility index (Phi) is 556000. The Balaban J connectivity index is 0. The first-order chi connectivity index (χ1) is 0. The van der Waals surface area contributed by atoms with E-state index in [-0.39, 0.29) is 52.2 Å². The van der Waals surface area contributed by atoms with Crippen LogP contribution in [-0.2, 0) is 0 Å². The van der Waals surface area contributed by atoms with Crippen LogP contribution in [0.15, 0.2) is 0 Å². The van der Waals surface area contributed by atoms with Crippen LogP contribution in [0.25, 0.3) is 0 Å². The van der Waals surface area contributed by atoms with Crippen molar-refractivity contribution in [1.29, 1.82) is 0 Å². The van der Waals surface area contributed by atoms with E-state index in [4.69, 9.17) is 0 Å². The second-order valence-electron chi connectivity index (χ2n) is 0. The predicted octanol–water partition coefficient (Wildman–Crippen LogP) is -15.2. The topological polar surface area (TPSA) is 35.0 Å². The predicted molar refractivity (Wildman–Crippen MR) is 10.8 cm³/mol. The molecule has 0 aliphatic rings. The smallest absolute Gasteiger partial charge is 1.00 e. The largest absolute Gasteiger partial charge is 3.00 e. The van der Waals surface area contributed by atoms with Crippen LogP contribution in [-0.4, -0.2) is 8.41 Å². The summed E-state index contributed by atoms with van der Waals surface area (Å²) in [6.07, 6.45) is 0. The monoisotopic (exact) mass is 111 g/mol. The molecule has 0 heterocycles. The zero-order chi connectivity index (χ0) is 0. The first-order valence-electron chi connectivity index (χ1n) is 0. The van der Waals surface area contributed by atoms with E-state index in [2.05, 4.69) is 0 Å². The minimum Gasteiger partial charge on any atom is -1.00 e. The molecule has 0 aliphatic carbocycles. The Morgan fingerprint density at radius 2 is 0.571 bits per heavy atom. The van der Waals surface area contributed by atoms with E-state index in [9.17, 15) is 0 Å². The summed E-state index contributed by atoms with van der Waals surface area (Å²) in [4.78, 5) is 0. The molecular formula is H3BF4LiN. The third-order valence-electron chi connectivity index (χ3n) is 0. The zero-order valence-corrected chi connectivity index (χ0v) is 3.80. The summed E-state index contributed by atoms with van der Waals surface area (Å²) in [7, 11) is 0. The molecule has 0 amide bonds. The standard InChI is InChI=1S/B.4FH.Li.H3N/h;4*1H;;1H3/q+3;;;;;+1;/p-4. The Morgan fingerprint density at radius 3 is 0.571 bits per heavy atom. The van der Waals surface area contributed by atoms with E-state index in [1.165, 1.54) is 0 Å². The summed E-state index contributed by atoms with van der Waals surface area (Å²) in [5, 5.41) is 0. The van der Waals surface area contributed by atoms with E-state index < -0.39 is 0 Å². The van der Waals surface area contributed by atoms with Gasteiger partial charge in [-0.3, -0.25) is 0 Å². The van der Waals surface area contributed by atoms with Gasteiger partial charge in [-0.2, -0.15) is 0 Å². The van der Waals surface area contributed by atoms with Crippen molar-refractivity contribution in [3.63, 3.8) is 0 Å². The van der Waals surface area contributed by atoms with E-state index in [1.807, 2.05) is 0 Å². The van der Waals surface area contributed by atoms with E-state index in [0.29, 0.717) is 0 Å². The molecule has 0 saturated heterocycles. The van der Waals surface area contributed by atoms with Crippen LogP contribution in [0.4, 0.5) is 0 Å². The van der Waals surface area contributed by atoms with E-state index >= 15 is 0 Å². The van der Waals surface area contributed by atoms with Crippen LogP contribution in [0.5, 0.6) is 0 Å². The molecule has 7 heteroatoms.